The Bertz CT molecular complexity index is 314. The van der Waals surface area contributed by atoms with Crippen LogP contribution in [0.15, 0.2) is 0 Å². The van der Waals surface area contributed by atoms with Gasteiger partial charge in [-0.25, -0.2) is 4.79 Å². The first kappa shape index (κ1) is 15.8. The fourth-order valence-electron chi connectivity index (χ4n) is 2.87. The van der Waals surface area contributed by atoms with Crippen LogP contribution in [-0.4, -0.2) is 40.6 Å². The molecule has 0 spiro atoms. The number of urea groups is 1. The Morgan fingerprint density at radius 1 is 1.32 bits per heavy atom. The monoisotopic (exact) mass is 270 g/mol. The van der Waals surface area contributed by atoms with E-state index in [1.165, 1.54) is 25.7 Å². The second kappa shape index (κ2) is 7.36. The van der Waals surface area contributed by atoms with Gasteiger partial charge in [0.15, 0.2) is 0 Å². The summed E-state index contributed by atoms with van der Waals surface area (Å²) in [6.07, 6.45) is 4.84. The van der Waals surface area contributed by atoms with Gasteiger partial charge in [0.2, 0.25) is 0 Å². The van der Waals surface area contributed by atoms with Gasteiger partial charge in [0, 0.05) is 18.6 Å². The molecule has 1 saturated carbocycles. The predicted octanol–water partition coefficient (Wildman–Crippen LogP) is 2.46. The fraction of sp³-hybridized carbons (Fsp3) is 0.857. The van der Waals surface area contributed by atoms with Crippen LogP contribution in [0.25, 0.3) is 0 Å². The minimum atomic E-state index is -0.873. The van der Waals surface area contributed by atoms with Crippen LogP contribution >= 0.6 is 0 Å². The first-order chi connectivity index (χ1) is 8.95. The Morgan fingerprint density at radius 3 is 2.37 bits per heavy atom. The molecule has 110 valence electrons. The van der Waals surface area contributed by atoms with Crippen LogP contribution in [0.4, 0.5) is 4.79 Å². The average molecular weight is 270 g/mol. The van der Waals surface area contributed by atoms with Crippen molar-refractivity contribution in [2.45, 2.75) is 65.0 Å². The molecule has 0 aromatic carbocycles. The molecule has 0 aromatic heterocycles. The quantitative estimate of drug-likeness (QED) is 0.779. The number of carbonyl (C=O) groups is 2. The molecule has 5 nitrogen and oxygen atoms in total. The molecular weight excluding hydrogens is 244 g/mol. The molecule has 2 N–H and O–H groups in total. The molecule has 2 atom stereocenters. The molecule has 0 aliphatic heterocycles. The van der Waals surface area contributed by atoms with E-state index in [4.69, 9.17) is 5.11 Å². The van der Waals surface area contributed by atoms with Gasteiger partial charge in [0.1, 0.15) is 0 Å². The Balaban J connectivity index is 2.50. The van der Waals surface area contributed by atoms with E-state index >= 15 is 0 Å². The molecule has 0 radical (unpaired) electrons. The number of amides is 2. The number of carbonyl (C=O) groups excluding carboxylic acids is 1. The van der Waals surface area contributed by atoms with Crippen LogP contribution in [0, 0.1) is 5.92 Å². The maximum atomic E-state index is 12.2. The number of nitrogens with one attached hydrogen (secondary N) is 1. The van der Waals surface area contributed by atoms with Crippen LogP contribution in [0.1, 0.15) is 52.9 Å². The van der Waals surface area contributed by atoms with E-state index in [0.29, 0.717) is 12.5 Å². The lowest BCUT2D eigenvalue weighted by atomic mass is 10.00. The number of hydrogen-bond donors (Lipinski definition) is 2. The maximum absolute atomic E-state index is 12.2. The van der Waals surface area contributed by atoms with Crippen LogP contribution in [0.5, 0.6) is 0 Å². The lowest BCUT2D eigenvalue weighted by molar-refractivity contribution is -0.138. The van der Waals surface area contributed by atoms with E-state index in [9.17, 15) is 9.59 Å². The first-order valence-electron chi connectivity index (χ1n) is 7.24. The summed E-state index contributed by atoms with van der Waals surface area (Å²) in [7, 11) is 0. The molecule has 0 heterocycles. The van der Waals surface area contributed by atoms with E-state index in [0.717, 1.165) is 0 Å². The molecular formula is C14H26N2O3. The summed E-state index contributed by atoms with van der Waals surface area (Å²) in [4.78, 5) is 24.5. The third-order valence-electron chi connectivity index (χ3n) is 4.06. The van der Waals surface area contributed by atoms with Gasteiger partial charge in [-0.15, -0.1) is 0 Å². The second-order valence-electron chi connectivity index (χ2n) is 5.52. The van der Waals surface area contributed by atoms with E-state index in [-0.39, 0.29) is 24.5 Å². The zero-order chi connectivity index (χ0) is 14.4. The van der Waals surface area contributed by atoms with Crippen molar-refractivity contribution < 1.29 is 14.7 Å². The summed E-state index contributed by atoms with van der Waals surface area (Å²) < 4.78 is 0. The van der Waals surface area contributed by atoms with Crippen molar-refractivity contribution in [1.29, 1.82) is 0 Å². The van der Waals surface area contributed by atoms with Crippen LogP contribution < -0.4 is 5.32 Å². The number of nitrogens with zero attached hydrogens (tertiary/aromatic N) is 1. The maximum Gasteiger partial charge on any atom is 0.317 e. The smallest absolute Gasteiger partial charge is 0.317 e. The van der Waals surface area contributed by atoms with Gasteiger partial charge >= 0.3 is 12.0 Å². The number of carboxylic acid groups (broad SMARTS) is 1. The number of carboxylic acids is 1. The molecule has 1 rings (SSSR count). The van der Waals surface area contributed by atoms with Crippen molar-refractivity contribution in [3.8, 4) is 0 Å². The van der Waals surface area contributed by atoms with E-state index in [2.05, 4.69) is 5.32 Å². The third kappa shape index (κ3) is 4.73. The fourth-order valence-corrected chi connectivity index (χ4v) is 2.87. The van der Waals surface area contributed by atoms with Crippen LogP contribution in [0.3, 0.4) is 0 Å². The molecule has 5 heteroatoms. The second-order valence-corrected chi connectivity index (χ2v) is 5.52. The summed E-state index contributed by atoms with van der Waals surface area (Å²) in [5, 5.41) is 11.8. The van der Waals surface area contributed by atoms with Gasteiger partial charge in [-0.2, -0.15) is 0 Å². The number of aliphatic carboxylic acids is 1. The summed E-state index contributed by atoms with van der Waals surface area (Å²) in [6.45, 7) is 6.22. The lowest BCUT2D eigenvalue weighted by Gasteiger charge is -2.30. The molecule has 0 bridgehead atoms. The predicted molar refractivity (Wildman–Crippen MR) is 74.0 cm³/mol. The van der Waals surface area contributed by atoms with Gasteiger partial charge in [0.05, 0.1) is 6.42 Å². The van der Waals surface area contributed by atoms with Gasteiger partial charge < -0.3 is 15.3 Å². The normalized spacial score (nSPS) is 18.9. The Hall–Kier alpha value is -1.26. The van der Waals surface area contributed by atoms with Gasteiger partial charge in [-0.1, -0.05) is 12.8 Å². The number of rotatable bonds is 6. The van der Waals surface area contributed by atoms with E-state index in [1.54, 1.807) is 11.8 Å². The highest BCUT2D eigenvalue weighted by Gasteiger charge is 2.26. The largest absolute Gasteiger partial charge is 0.481 e. The summed E-state index contributed by atoms with van der Waals surface area (Å²) in [6, 6.07) is -0.255. The standard InChI is InChI=1S/C14H26N2O3/c1-4-16(10(2)9-13(17)18)14(19)15-11(3)12-7-5-6-8-12/h10-12H,4-9H2,1-3H3,(H,15,19)(H,17,18). The minimum Gasteiger partial charge on any atom is -0.481 e. The highest BCUT2D eigenvalue weighted by Crippen LogP contribution is 2.27. The molecule has 0 saturated heterocycles. The van der Waals surface area contributed by atoms with Crippen LogP contribution in [-0.2, 0) is 4.79 Å². The number of hydrogen-bond acceptors (Lipinski definition) is 2. The third-order valence-corrected chi connectivity index (χ3v) is 4.06. The van der Waals surface area contributed by atoms with Crippen molar-refractivity contribution in [3.05, 3.63) is 0 Å². The minimum absolute atomic E-state index is 0.0148. The molecule has 0 aromatic rings. The highest BCUT2D eigenvalue weighted by atomic mass is 16.4. The Labute approximate surface area is 115 Å². The molecule has 2 amide bonds. The highest BCUT2D eigenvalue weighted by molar-refractivity contribution is 5.76. The zero-order valence-electron chi connectivity index (χ0n) is 12.2. The Kier molecular flexibility index (Phi) is 6.12. The molecule has 2 unspecified atom stereocenters. The van der Waals surface area contributed by atoms with Crippen molar-refractivity contribution in [2.24, 2.45) is 5.92 Å². The van der Waals surface area contributed by atoms with Gasteiger partial charge in [-0.3, -0.25) is 4.79 Å². The van der Waals surface area contributed by atoms with E-state index < -0.39 is 5.97 Å². The first-order valence-corrected chi connectivity index (χ1v) is 7.24. The topological polar surface area (TPSA) is 69.6 Å². The SMILES string of the molecule is CCN(C(=O)NC(C)C1CCCC1)C(C)CC(=O)O. The van der Waals surface area contributed by atoms with Gasteiger partial charge in [0.25, 0.3) is 0 Å². The summed E-state index contributed by atoms with van der Waals surface area (Å²) in [5.41, 5.74) is 0. The Morgan fingerprint density at radius 2 is 1.89 bits per heavy atom. The molecule has 1 fully saturated rings. The van der Waals surface area contributed by atoms with Crippen molar-refractivity contribution >= 4 is 12.0 Å². The van der Waals surface area contributed by atoms with E-state index in [1.807, 2.05) is 13.8 Å². The van der Waals surface area contributed by atoms with Crippen molar-refractivity contribution in [1.82, 2.24) is 10.2 Å². The van der Waals surface area contributed by atoms with Crippen LogP contribution in [0.2, 0.25) is 0 Å². The van der Waals surface area contributed by atoms with Crippen molar-refractivity contribution in [2.75, 3.05) is 6.54 Å². The molecule has 1 aliphatic rings. The molecule has 19 heavy (non-hydrogen) atoms. The van der Waals surface area contributed by atoms with Gasteiger partial charge in [-0.05, 0) is 39.5 Å². The molecule has 1 aliphatic carbocycles. The summed E-state index contributed by atoms with van der Waals surface area (Å²) >= 11 is 0. The summed E-state index contributed by atoms with van der Waals surface area (Å²) in [5.74, 6) is -0.306. The lowest BCUT2D eigenvalue weighted by Crippen LogP contribution is -2.49. The zero-order valence-corrected chi connectivity index (χ0v) is 12.2. The average Bonchev–Trinajstić information content (AvgIpc) is 2.81. The van der Waals surface area contributed by atoms with Crippen molar-refractivity contribution in [3.63, 3.8) is 0 Å².